The average Bonchev–Trinajstić information content (AvgIpc) is 3.15. The molecule has 134 valence electrons. The summed E-state index contributed by atoms with van der Waals surface area (Å²) in [6.45, 7) is 0.246. The molecule has 1 N–H and O–H groups in total. The summed E-state index contributed by atoms with van der Waals surface area (Å²) in [5.41, 5.74) is 1.96. The van der Waals surface area contributed by atoms with Gasteiger partial charge in [0.25, 0.3) is 5.91 Å². The van der Waals surface area contributed by atoms with Crippen LogP contribution >= 0.6 is 15.9 Å². The molecule has 6 nitrogen and oxygen atoms in total. The molecule has 0 bridgehead atoms. The summed E-state index contributed by atoms with van der Waals surface area (Å²) in [5.74, 6) is 1.72. The van der Waals surface area contributed by atoms with Crippen molar-refractivity contribution in [1.29, 1.82) is 0 Å². The molecule has 2 aromatic carbocycles. The highest BCUT2D eigenvalue weighted by molar-refractivity contribution is 9.10. The number of nitrogens with one attached hydrogen (secondary N) is 1. The average molecular weight is 417 g/mol. The monoisotopic (exact) mass is 416 g/mol. The summed E-state index contributed by atoms with van der Waals surface area (Å²) >= 11 is 3.37. The highest BCUT2D eigenvalue weighted by Crippen LogP contribution is 2.25. The number of hydrogen-bond acceptors (Lipinski definition) is 5. The van der Waals surface area contributed by atoms with E-state index < -0.39 is 0 Å². The summed E-state index contributed by atoms with van der Waals surface area (Å²) in [6.07, 6.45) is 0. The van der Waals surface area contributed by atoms with Crippen LogP contribution in [0.15, 0.2) is 57.5 Å². The van der Waals surface area contributed by atoms with Crippen molar-refractivity contribution in [2.24, 2.45) is 0 Å². The Morgan fingerprint density at radius 3 is 2.65 bits per heavy atom. The summed E-state index contributed by atoms with van der Waals surface area (Å²) in [5, 5.41) is 6.83. The molecule has 0 aliphatic heterocycles. The lowest BCUT2D eigenvalue weighted by Gasteiger charge is -2.07. The molecule has 0 saturated carbocycles. The second-order valence-corrected chi connectivity index (χ2v) is 6.30. The molecule has 3 rings (SSSR count). The first-order valence-corrected chi connectivity index (χ1v) is 8.62. The van der Waals surface area contributed by atoms with E-state index in [-0.39, 0.29) is 12.5 Å². The minimum absolute atomic E-state index is 0.235. The van der Waals surface area contributed by atoms with Crippen molar-refractivity contribution in [3.05, 3.63) is 64.3 Å². The van der Waals surface area contributed by atoms with Crippen LogP contribution in [-0.2, 0) is 6.54 Å². The summed E-state index contributed by atoms with van der Waals surface area (Å²) in [6, 6.07) is 14.5. The Balaban J connectivity index is 1.69. The van der Waals surface area contributed by atoms with Crippen LogP contribution in [-0.4, -0.2) is 25.3 Å². The molecule has 0 atom stereocenters. The highest BCUT2D eigenvalue weighted by atomic mass is 79.9. The lowest BCUT2D eigenvalue weighted by Crippen LogP contribution is -2.23. The molecule has 0 unspecified atom stereocenters. The number of amides is 1. The molecule has 0 fully saturated rings. The van der Waals surface area contributed by atoms with E-state index >= 15 is 0 Å². The number of nitrogens with zero attached hydrogens (tertiary/aromatic N) is 1. The topological polar surface area (TPSA) is 73.6 Å². The van der Waals surface area contributed by atoms with Crippen LogP contribution in [0.5, 0.6) is 11.5 Å². The molecular formula is C19H17BrN2O4. The van der Waals surface area contributed by atoms with E-state index in [0.29, 0.717) is 27.2 Å². The van der Waals surface area contributed by atoms with Gasteiger partial charge in [0.2, 0.25) is 0 Å². The fourth-order valence-electron chi connectivity index (χ4n) is 2.38. The Labute approximate surface area is 159 Å². The molecule has 0 aliphatic carbocycles. The molecule has 3 aromatic rings. The summed E-state index contributed by atoms with van der Waals surface area (Å²) in [4.78, 5) is 12.4. The van der Waals surface area contributed by atoms with Crippen LogP contribution in [0, 0.1) is 0 Å². The standard InChI is InChI=1S/C19H17BrN2O4/c1-24-14-5-3-4-12(8-14)18-9-13(22-26-18)11-21-19(23)16-10-15(25-2)6-7-17(16)20/h3-10H,11H2,1-2H3,(H,21,23). The summed E-state index contributed by atoms with van der Waals surface area (Å²) in [7, 11) is 3.16. The van der Waals surface area contributed by atoms with E-state index in [1.807, 2.05) is 24.3 Å². The third-order valence-electron chi connectivity index (χ3n) is 3.76. The van der Waals surface area contributed by atoms with Crippen LogP contribution in [0.2, 0.25) is 0 Å². The number of rotatable bonds is 6. The van der Waals surface area contributed by atoms with Gasteiger partial charge in [-0.25, -0.2) is 0 Å². The number of methoxy groups -OCH3 is 2. The second kappa shape index (κ2) is 8.05. The van der Waals surface area contributed by atoms with E-state index in [1.165, 1.54) is 0 Å². The Hall–Kier alpha value is -2.80. The Bertz CT molecular complexity index is 923. The molecule has 0 spiro atoms. The zero-order chi connectivity index (χ0) is 18.5. The van der Waals surface area contributed by atoms with Crippen molar-refractivity contribution in [2.45, 2.75) is 6.54 Å². The Kier molecular flexibility index (Phi) is 5.58. The molecular weight excluding hydrogens is 400 g/mol. The van der Waals surface area contributed by atoms with E-state index in [0.717, 1.165) is 11.3 Å². The number of aromatic nitrogens is 1. The van der Waals surface area contributed by atoms with Crippen molar-refractivity contribution in [1.82, 2.24) is 10.5 Å². The lowest BCUT2D eigenvalue weighted by atomic mass is 10.1. The minimum Gasteiger partial charge on any atom is -0.497 e. The van der Waals surface area contributed by atoms with Gasteiger partial charge in [-0.1, -0.05) is 17.3 Å². The zero-order valence-corrected chi connectivity index (χ0v) is 15.9. The minimum atomic E-state index is -0.235. The fraction of sp³-hybridized carbons (Fsp3) is 0.158. The maximum Gasteiger partial charge on any atom is 0.252 e. The van der Waals surface area contributed by atoms with E-state index in [9.17, 15) is 4.79 Å². The van der Waals surface area contributed by atoms with Gasteiger partial charge in [0, 0.05) is 16.1 Å². The van der Waals surface area contributed by atoms with Gasteiger partial charge in [0.05, 0.1) is 26.3 Å². The molecule has 26 heavy (non-hydrogen) atoms. The first-order valence-electron chi connectivity index (χ1n) is 7.82. The molecule has 1 heterocycles. The van der Waals surface area contributed by atoms with Crippen LogP contribution in [0.4, 0.5) is 0 Å². The van der Waals surface area contributed by atoms with Gasteiger partial charge in [-0.05, 0) is 46.3 Å². The van der Waals surface area contributed by atoms with Crippen LogP contribution in [0.1, 0.15) is 16.1 Å². The number of ether oxygens (including phenoxy) is 2. The van der Waals surface area contributed by atoms with Crippen molar-refractivity contribution in [3.63, 3.8) is 0 Å². The maximum absolute atomic E-state index is 12.4. The van der Waals surface area contributed by atoms with Gasteiger partial charge < -0.3 is 19.3 Å². The van der Waals surface area contributed by atoms with Crippen molar-refractivity contribution in [3.8, 4) is 22.8 Å². The molecule has 0 saturated heterocycles. The first kappa shape index (κ1) is 18.0. The highest BCUT2D eigenvalue weighted by Gasteiger charge is 2.13. The molecule has 1 amide bonds. The summed E-state index contributed by atoms with van der Waals surface area (Å²) < 4.78 is 16.4. The number of benzene rings is 2. The van der Waals surface area contributed by atoms with Gasteiger partial charge in [-0.15, -0.1) is 0 Å². The van der Waals surface area contributed by atoms with Crippen LogP contribution < -0.4 is 14.8 Å². The van der Waals surface area contributed by atoms with E-state index in [2.05, 4.69) is 26.4 Å². The number of hydrogen-bond donors (Lipinski definition) is 1. The van der Waals surface area contributed by atoms with Gasteiger partial charge in [0.1, 0.15) is 17.2 Å². The number of carbonyl (C=O) groups excluding carboxylic acids is 1. The van der Waals surface area contributed by atoms with Gasteiger partial charge >= 0.3 is 0 Å². The predicted octanol–water partition coefficient (Wildman–Crippen LogP) is 4.05. The first-order chi connectivity index (χ1) is 12.6. The Morgan fingerprint density at radius 2 is 1.88 bits per heavy atom. The molecule has 0 radical (unpaired) electrons. The third-order valence-corrected chi connectivity index (χ3v) is 4.45. The van der Waals surface area contributed by atoms with Crippen molar-refractivity contribution >= 4 is 21.8 Å². The Morgan fingerprint density at radius 1 is 1.12 bits per heavy atom. The van der Waals surface area contributed by atoms with Crippen molar-refractivity contribution in [2.75, 3.05) is 14.2 Å². The smallest absolute Gasteiger partial charge is 0.252 e. The van der Waals surface area contributed by atoms with Gasteiger partial charge in [0.15, 0.2) is 5.76 Å². The normalized spacial score (nSPS) is 10.4. The fourth-order valence-corrected chi connectivity index (χ4v) is 2.81. The second-order valence-electron chi connectivity index (χ2n) is 5.44. The zero-order valence-electron chi connectivity index (χ0n) is 14.3. The molecule has 7 heteroatoms. The predicted molar refractivity (Wildman–Crippen MR) is 100 cm³/mol. The van der Waals surface area contributed by atoms with Crippen LogP contribution in [0.25, 0.3) is 11.3 Å². The van der Waals surface area contributed by atoms with Crippen molar-refractivity contribution < 1.29 is 18.8 Å². The SMILES string of the molecule is COc1cccc(-c2cc(CNC(=O)c3cc(OC)ccc3Br)no2)c1. The van der Waals surface area contributed by atoms with Crippen LogP contribution in [0.3, 0.4) is 0 Å². The number of halogens is 1. The van der Waals surface area contributed by atoms with Gasteiger partial charge in [-0.3, -0.25) is 4.79 Å². The number of carbonyl (C=O) groups is 1. The molecule has 0 aliphatic rings. The lowest BCUT2D eigenvalue weighted by molar-refractivity contribution is 0.0949. The van der Waals surface area contributed by atoms with E-state index in [1.54, 1.807) is 38.5 Å². The maximum atomic E-state index is 12.4. The molecule has 1 aromatic heterocycles. The third kappa shape index (κ3) is 4.05. The van der Waals surface area contributed by atoms with Gasteiger partial charge in [-0.2, -0.15) is 0 Å². The quantitative estimate of drug-likeness (QED) is 0.655. The largest absolute Gasteiger partial charge is 0.497 e. The van der Waals surface area contributed by atoms with E-state index in [4.69, 9.17) is 14.0 Å².